The lowest BCUT2D eigenvalue weighted by atomic mass is 10.3. The summed E-state index contributed by atoms with van der Waals surface area (Å²) in [6.07, 6.45) is 7.68. The van der Waals surface area contributed by atoms with Crippen LogP contribution in [0.4, 0.5) is 5.13 Å². The third-order valence-corrected chi connectivity index (χ3v) is 4.19. The Morgan fingerprint density at radius 2 is 1.88 bits per heavy atom. The molecule has 3 rings (SSSR count). The fourth-order valence-corrected chi connectivity index (χ4v) is 2.88. The SMILES string of the molecule is Nc1ncc(CN(CC2CC2)CC2CC2)s1. The Balaban J connectivity index is 1.57. The standard InChI is InChI=1S/C12H19N3S/c13-12-14-5-11(16-12)8-15(6-9-1-2-9)7-10-3-4-10/h5,9-10H,1-4,6-8H2,(H2,13,14). The van der Waals surface area contributed by atoms with Crippen LogP contribution in [-0.2, 0) is 6.54 Å². The molecule has 0 saturated heterocycles. The van der Waals surface area contributed by atoms with Crippen molar-refractivity contribution in [3.8, 4) is 0 Å². The van der Waals surface area contributed by atoms with Crippen LogP contribution in [0.3, 0.4) is 0 Å². The van der Waals surface area contributed by atoms with Crippen molar-refractivity contribution in [1.82, 2.24) is 9.88 Å². The molecule has 0 amide bonds. The van der Waals surface area contributed by atoms with Crippen LogP contribution >= 0.6 is 11.3 Å². The first-order valence-corrected chi connectivity index (χ1v) is 7.04. The van der Waals surface area contributed by atoms with Gasteiger partial charge in [0.15, 0.2) is 5.13 Å². The van der Waals surface area contributed by atoms with Crippen molar-refractivity contribution in [2.45, 2.75) is 32.2 Å². The van der Waals surface area contributed by atoms with Gasteiger partial charge in [-0.25, -0.2) is 4.98 Å². The van der Waals surface area contributed by atoms with E-state index in [9.17, 15) is 0 Å². The minimum Gasteiger partial charge on any atom is -0.375 e. The van der Waals surface area contributed by atoms with Crippen LogP contribution in [-0.4, -0.2) is 23.0 Å². The lowest BCUT2D eigenvalue weighted by Gasteiger charge is -2.20. The minimum atomic E-state index is 0.702. The van der Waals surface area contributed by atoms with Gasteiger partial charge in [0.2, 0.25) is 0 Å². The average Bonchev–Trinajstić information content (AvgIpc) is 3.13. The number of nitrogen functional groups attached to an aromatic ring is 1. The maximum atomic E-state index is 5.67. The molecule has 2 aliphatic rings. The van der Waals surface area contributed by atoms with Crippen molar-refractivity contribution in [3.05, 3.63) is 11.1 Å². The van der Waals surface area contributed by atoms with E-state index >= 15 is 0 Å². The Labute approximate surface area is 101 Å². The highest BCUT2D eigenvalue weighted by molar-refractivity contribution is 7.15. The summed E-state index contributed by atoms with van der Waals surface area (Å²) >= 11 is 1.64. The maximum Gasteiger partial charge on any atom is 0.180 e. The van der Waals surface area contributed by atoms with E-state index in [1.165, 1.54) is 43.6 Å². The van der Waals surface area contributed by atoms with Crippen molar-refractivity contribution >= 4 is 16.5 Å². The third kappa shape index (κ3) is 2.95. The van der Waals surface area contributed by atoms with E-state index in [0.29, 0.717) is 5.13 Å². The molecule has 1 aromatic heterocycles. The maximum absolute atomic E-state index is 5.67. The van der Waals surface area contributed by atoms with Gasteiger partial charge in [-0.15, -0.1) is 11.3 Å². The Hall–Kier alpha value is -0.610. The highest BCUT2D eigenvalue weighted by Crippen LogP contribution is 2.34. The zero-order valence-corrected chi connectivity index (χ0v) is 10.4. The van der Waals surface area contributed by atoms with Crippen LogP contribution in [0, 0.1) is 11.8 Å². The third-order valence-electron chi connectivity index (χ3n) is 3.38. The molecule has 0 bridgehead atoms. The summed E-state index contributed by atoms with van der Waals surface area (Å²) in [5.41, 5.74) is 5.67. The number of rotatable bonds is 6. The molecule has 0 spiro atoms. The first kappa shape index (κ1) is 10.5. The predicted octanol–water partition coefficient (Wildman–Crippen LogP) is 2.35. The molecule has 2 N–H and O–H groups in total. The monoisotopic (exact) mass is 237 g/mol. The summed E-state index contributed by atoms with van der Waals surface area (Å²) < 4.78 is 0. The highest BCUT2D eigenvalue weighted by Gasteiger charge is 2.29. The van der Waals surface area contributed by atoms with Gasteiger partial charge in [-0.3, -0.25) is 4.90 Å². The van der Waals surface area contributed by atoms with Crippen molar-refractivity contribution in [2.24, 2.45) is 11.8 Å². The number of nitrogens with zero attached hydrogens (tertiary/aromatic N) is 2. The molecule has 0 aliphatic heterocycles. The van der Waals surface area contributed by atoms with Crippen molar-refractivity contribution in [1.29, 1.82) is 0 Å². The molecule has 4 heteroatoms. The van der Waals surface area contributed by atoms with E-state index in [2.05, 4.69) is 9.88 Å². The lowest BCUT2D eigenvalue weighted by Crippen LogP contribution is -2.27. The van der Waals surface area contributed by atoms with Crippen LogP contribution in [0.5, 0.6) is 0 Å². The summed E-state index contributed by atoms with van der Waals surface area (Å²) in [6.45, 7) is 3.63. The molecule has 0 aromatic carbocycles. The number of hydrogen-bond donors (Lipinski definition) is 1. The van der Waals surface area contributed by atoms with Gasteiger partial charge in [-0.2, -0.15) is 0 Å². The normalized spacial score (nSPS) is 20.6. The molecule has 0 atom stereocenters. The van der Waals surface area contributed by atoms with Crippen LogP contribution < -0.4 is 5.73 Å². The molecule has 1 aromatic rings. The first-order chi connectivity index (χ1) is 7.79. The molecule has 88 valence electrons. The topological polar surface area (TPSA) is 42.1 Å². The molecule has 3 nitrogen and oxygen atoms in total. The molecule has 1 heterocycles. The second kappa shape index (κ2) is 4.34. The molecular formula is C12H19N3S. The minimum absolute atomic E-state index is 0.702. The largest absolute Gasteiger partial charge is 0.375 e. The summed E-state index contributed by atoms with van der Waals surface area (Å²) in [7, 11) is 0. The fraction of sp³-hybridized carbons (Fsp3) is 0.750. The van der Waals surface area contributed by atoms with Crippen LogP contribution in [0.2, 0.25) is 0 Å². The van der Waals surface area contributed by atoms with Gasteiger partial charge < -0.3 is 5.73 Å². The zero-order valence-electron chi connectivity index (χ0n) is 9.56. The number of nitrogens with two attached hydrogens (primary N) is 1. The number of anilines is 1. The van der Waals surface area contributed by atoms with Gasteiger partial charge in [0.25, 0.3) is 0 Å². The molecule has 2 saturated carbocycles. The summed E-state index contributed by atoms with van der Waals surface area (Å²) in [5, 5.41) is 0.702. The van der Waals surface area contributed by atoms with Crippen molar-refractivity contribution < 1.29 is 0 Å². The average molecular weight is 237 g/mol. The molecule has 0 unspecified atom stereocenters. The van der Waals surface area contributed by atoms with Gasteiger partial charge in [0.1, 0.15) is 0 Å². The summed E-state index contributed by atoms with van der Waals surface area (Å²) in [5.74, 6) is 1.95. The number of thiazole rings is 1. The van der Waals surface area contributed by atoms with Gasteiger partial charge in [0, 0.05) is 30.7 Å². The van der Waals surface area contributed by atoms with Crippen LogP contribution in [0.1, 0.15) is 30.6 Å². The van der Waals surface area contributed by atoms with Crippen LogP contribution in [0.15, 0.2) is 6.20 Å². The van der Waals surface area contributed by atoms with Gasteiger partial charge in [-0.05, 0) is 37.5 Å². The van der Waals surface area contributed by atoms with Crippen LogP contribution in [0.25, 0.3) is 0 Å². The van der Waals surface area contributed by atoms with E-state index in [0.717, 1.165) is 18.4 Å². The van der Waals surface area contributed by atoms with Crippen molar-refractivity contribution in [3.63, 3.8) is 0 Å². The van der Waals surface area contributed by atoms with Gasteiger partial charge >= 0.3 is 0 Å². The molecular weight excluding hydrogens is 218 g/mol. The molecule has 0 radical (unpaired) electrons. The smallest absolute Gasteiger partial charge is 0.180 e. The number of hydrogen-bond acceptors (Lipinski definition) is 4. The van der Waals surface area contributed by atoms with Gasteiger partial charge in [-0.1, -0.05) is 0 Å². The highest BCUT2D eigenvalue weighted by atomic mass is 32.1. The summed E-state index contributed by atoms with van der Waals surface area (Å²) in [6, 6.07) is 0. The second-order valence-electron chi connectivity index (χ2n) is 5.25. The van der Waals surface area contributed by atoms with E-state index in [1.807, 2.05) is 6.20 Å². The second-order valence-corrected chi connectivity index (χ2v) is 6.39. The predicted molar refractivity (Wildman–Crippen MR) is 67.3 cm³/mol. The van der Waals surface area contributed by atoms with E-state index < -0.39 is 0 Å². The Morgan fingerprint density at radius 3 is 2.31 bits per heavy atom. The van der Waals surface area contributed by atoms with E-state index in [1.54, 1.807) is 11.3 Å². The Morgan fingerprint density at radius 1 is 1.25 bits per heavy atom. The Kier molecular flexibility index (Phi) is 2.86. The quantitative estimate of drug-likeness (QED) is 0.826. The molecule has 16 heavy (non-hydrogen) atoms. The lowest BCUT2D eigenvalue weighted by molar-refractivity contribution is 0.246. The van der Waals surface area contributed by atoms with Crippen molar-refractivity contribution in [2.75, 3.05) is 18.8 Å². The van der Waals surface area contributed by atoms with E-state index in [-0.39, 0.29) is 0 Å². The molecule has 2 aliphatic carbocycles. The fourth-order valence-electron chi connectivity index (χ4n) is 2.15. The van der Waals surface area contributed by atoms with Gasteiger partial charge in [0.05, 0.1) is 0 Å². The number of aromatic nitrogens is 1. The first-order valence-electron chi connectivity index (χ1n) is 6.22. The zero-order chi connectivity index (χ0) is 11.0. The summed E-state index contributed by atoms with van der Waals surface area (Å²) in [4.78, 5) is 8.06. The molecule has 2 fully saturated rings. The Bertz CT molecular complexity index is 341. The van der Waals surface area contributed by atoms with E-state index in [4.69, 9.17) is 5.73 Å².